The predicted octanol–water partition coefficient (Wildman–Crippen LogP) is 0.695. The molecular weight excluding hydrogens is 328 g/mol. The van der Waals surface area contributed by atoms with Gasteiger partial charge >= 0.3 is 0 Å². The third-order valence-corrected chi connectivity index (χ3v) is 4.75. The van der Waals surface area contributed by atoms with E-state index in [4.69, 9.17) is 0 Å². The van der Waals surface area contributed by atoms with Crippen LogP contribution in [0.5, 0.6) is 0 Å². The van der Waals surface area contributed by atoms with E-state index in [9.17, 15) is 4.79 Å². The van der Waals surface area contributed by atoms with Gasteiger partial charge in [-0.15, -0.1) is 0 Å². The lowest BCUT2D eigenvalue weighted by molar-refractivity contribution is 0.0948. The number of aromatic nitrogens is 3. The Balaban J connectivity index is 1.99. The van der Waals surface area contributed by atoms with Crippen molar-refractivity contribution in [3.05, 3.63) is 40.0 Å². The van der Waals surface area contributed by atoms with Crippen molar-refractivity contribution in [1.82, 2.24) is 25.2 Å². The molecule has 7 nitrogen and oxygen atoms in total. The third-order valence-electron chi connectivity index (χ3n) is 4.75. The molecule has 2 aromatic heterocycles. The molecule has 0 atom stereocenters. The fourth-order valence-electron chi connectivity index (χ4n) is 2.94. The van der Waals surface area contributed by atoms with E-state index in [2.05, 4.69) is 39.1 Å². The van der Waals surface area contributed by atoms with Gasteiger partial charge in [0.15, 0.2) is 0 Å². The molecule has 0 unspecified atom stereocenters. The molecule has 3 rings (SSSR count). The van der Waals surface area contributed by atoms with Gasteiger partial charge in [0, 0.05) is 36.0 Å². The summed E-state index contributed by atoms with van der Waals surface area (Å²) in [7, 11) is 1.90. The van der Waals surface area contributed by atoms with Gasteiger partial charge in [-0.25, -0.2) is 9.98 Å². The van der Waals surface area contributed by atoms with Gasteiger partial charge in [-0.05, 0) is 33.6 Å². The Morgan fingerprint density at radius 1 is 1.54 bits per heavy atom. The maximum absolute atomic E-state index is 12.9. The summed E-state index contributed by atoms with van der Waals surface area (Å²) in [5, 5.41) is 7.87. The SMILES string of the molecule is C=c1[nH]c(C)c(C(=O)NCc2cncn2C)/c1=C(/N=C\C)NC1(C)CC1. The molecule has 1 fully saturated rings. The number of hydrogen-bond acceptors (Lipinski definition) is 4. The fourth-order valence-corrected chi connectivity index (χ4v) is 2.94. The monoisotopic (exact) mass is 354 g/mol. The number of hydrogen-bond donors (Lipinski definition) is 3. The number of H-pyrrole nitrogens is 1. The van der Waals surface area contributed by atoms with E-state index < -0.39 is 0 Å². The summed E-state index contributed by atoms with van der Waals surface area (Å²) in [6, 6.07) is 0. The van der Waals surface area contributed by atoms with Crippen LogP contribution in [0.15, 0.2) is 17.5 Å². The highest BCUT2D eigenvalue weighted by Crippen LogP contribution is 2.35. The van der Waals surface area contributed by atoms with E-state index in [0.717, 1.165) is 29.4 Å². The summed E-state index contributed by atoms with van der Waals surface area (Å²) in [6.07, 6.45) is 7.37. The highest BCUT2D eigenvalue weighted by Gasteiger charge is 2.38. The number of nitrogens with one attached hydrogen (secondary N) is 3. The molecule has 7 heteroatoms. The normalized spacial score (nSPS) is 16.6. The van der Waals surface area contributed by atoms with Gasteiger partial charge in [0.05, 0.1) is 29.3 Å². The number of carbonyl (C=O) groups is 1. The van der Waals surface area contributed by atoms with Crippen LogP contribution in [-0.2, 0) is 13.6 Å². The molecular formula is C19H26N6O. The van der Waals surface area contributed by atoms with Crippen LogP contribution in [0.1, 0.15) is 48.4 Å². The van der Waals surface area contributed by atoms with Crippen molar-refractivity contribution in [3.63, 3.8) is 0 Å². The molecule has 2 aromatic rings. The molecule has 3 N–H and O–H groups in total. The lowest BCUT2D eigenvalue weighted by Crippen LogP contribution is -2.39. The zero-order valence-corrected chi connectivity index (χ0v) is 15.8. The van der Waals surface area contributed by atoms with Crippen LogP contribution in [0.3, 0.4) is 0 Å². The first-order valence-electron chi connectivity index (χ1n) is 8.77. The minimum atomic E-state index is -0.156. The van der Waals surface area contributed by atoms with E-state index in [1.807, 2.05) is 25.5 Å². The van der Waals surface area contributed by atoms with Gasteiger partial charge in [-0.3, -0.25) is 4.79 Å². The first-order valence-corrected chi connectivity index (χ1v) is 8.77. The van der Waals surface area contributed by atoms with Crippen LogP contribution in [-0.4, -0.2) is 32.2 Å². The fraction of sp³-hybridized carbons (Fsp3) is 0.421. The van der Waals surface area contributed by atoms with Crippen molar-refractivity contribution < 1.29 is 4.79 Å². The first kappa shape index (κ1) is 18.0. The lowest BCUT2D eigenvalue weighted by atomic mass is 10.1. The molecule has 2 heterocycles. The molecule has 1 aliphatic carbocycles. The van der Waals surface area contributed by atoms with Crippen LogP contribution in [0.4, 0.5) is 0 Å². The average molecular weight is 354 g/mol. The number of aromatic amines is 1. The zero-order valence-electron chi connectivity index (χ0n) is 15.8. The third kappa shape index (κ3) is 3.56. The van der Waals surface area contributed by atoms with E-state index in [-0.39, 0.29) is 11.4 Å². The Kier molecular flexibility index (Phi) is 4.71. The van der Waals surface area contributed by atoms with Gasteiger partial charge in [0.2, 0.25) is 0 Å². The number of rotatable bonds is 6. The first-order chi connectivity index (χ1) is 12.3. The summed E-state index contributed by atoms with van der Waals surface area (Å²) in [5.41, 5.74) is 2.33. The zero-order chi connectivity index (χ0) is 18.9. The largest absolute Gasteiger partial charge is 0.364 e. The Labute approximate surface area is 152 Å². The molecule has 0 spiro atoms. The molecule has 26 heavy (non-hydrogen) atoms. The van der Waals surface area contributed by atoms with Gasteiger partial charge < -0.3 is 20.2 Å². The summed E-state index contributed by atoms with van der Waals surface area (Å²) in [6.45, 7) is 10.4. The van der Waals surface area contributed by atoms with Crippen molar-refractivity contribution in [2.75, 3.05) is 0 Å². The van der Waals surface area contributed by atoms with Crippen molar-refractivity contribution in [2.45, 2.75) is 45.7 Å². The van der Waals surface area contributed by atoms with Crippen LogP contribution >= 0.6 is 0 Å². The Bertz CT molecular complexity index is 961. The van der Waals surface area contributed by atoms with Crippen LogP contribution < -0.4 is 21.2 Å². The summed E-state index contributed by atoms with van der Waals surface area (Å²) >= 11 is 0. The van der Waals surface area contributed by atoms with Crippen LogP contribution in [0, 0.1) is 6.92 Å². The second-order valence-electron chi connectivity index (χ2n) is 7.08. The molecule has 1 amide bonds. The quantitative estimate of drug-likeness (QED) is 0.667. The van der Waals surface area contributed by atoms with E-state index >= 15 is 0 Å². The minimum Gasteiger partial charge on any atom is -0.364 e. The lowest BCUT2D eigenvalue weighted by Gasteiger charge is -2.14. The number of imidazole rings is 1. The maximum atomic E-state index is 12.9. The summed E-state index contributed by atoms with van der Waals surface area (Å²) in [5.74, 6) is 0.531. The second-order valence-corrected chi connectivity index (χ2v) is 7.08. The molecule has 0 aromatic carbocycles. The van der Waals surface area contributed by atoms with Crippen molar-refractivity contribution >= 4 is 24.5 Å². The van der Waals surface area contributed by atoms with E-state index in [1.165, 1.54) is 0 Å². The van der Waals surface area contributed by atoms with Crippen LogP contribution in [0.2, 0.25) is 0 Å². The smallest absolute Gasteiger partial charge is 0.254 e. The van der Waals surface area contributed by atoms with Crippen molar-refractivity contribution in [1.29, 1.82) is 0 Å². The molecule has 0 bridgehead atoms. The Morgan fingerprint density at radius 3 is 2.85 bits per heavy atom. The van der Waals surface area contributed by atoms with E-state index in [0.29, 0.717) is 23.3 Å². The second kappa shape index (κ2) is 6.82. The van der Waals surface area contributed by atoms with E-state index in [1.54, 1.807) is 18.7 Å². The molecule has 0 aliphatic heterocycles. The highest BCUT2D eigenvalue weighted by molar-refractivity contribution is 5.96. The van der Waals surface area contributed by atoms with Gasteiger partial charge in [0.1, 0.15) is 5.82 Å². The molecule has 1 aliphatic rings. The molecule has 0 saturated heterocycles. The van der Waals surface area contributed by atoms with Crippen molar-refractivity contribution in [2.24, 2.45) is 12.0 Å². The number of aliphatic imine (C=N–C) groups is 1. The number of nitrogens with zero attached hydrogens (tertiary/aromatic N) is 3. The highest BCUT2D eigenvalue weighted by atomic mass is 16.1. The van der Waals surface area contributed by atoms with Gasteiger partial charge in [0.25, 0.3) is 5.91 Å². The molecule has 138 valence electrons. The maximum Gasteiger partial charge on any atom is 0.254 e. The molecule has 0 radical (unpaired) electrons. The summed E-state index contributed by atoms with van der Waals surface area (Å²) < 4.78 is 1.88. The Hall–Kier alpha value is -2.83. The Morgan fingerprint density at radius 2 is 2.27 bits per heavy atom. The predicted molar refractivity (Wildman–Crippen MR) is 103 cm³/mol. The summed E-state index contributed by atoms with van der Waals surface area (Å²) in [4.78, 5) is 24.7. The van der Waals surface area contributed by atoms with Crippen molar-refractivity contribution in [3.8, 4) is 0 Å². The molecule has 1 saturated carbocycles. The number of carbonyl (C=O) groups excluding carboxylic acids is 1. The topological polar surface area (TPSA) is 87.1 Å². The number of aryl methyl sites for hydroxylation is 2. The standard InChI is InChI=1S/C19H26N6O/c1-6-21-17(24-19(4)7-8-19)15-12(2)23-13(3)16(15)18(26)22-10-14-9-20-11-25(14)5/h6,9,11,23-24H,2,7-8,10H2,1,3-5H3,(H,22,26)/b17-15-,21-6-. The van der Waals surface area contributed by atoms with Gasteiger partial charge in [-0.2, -0.15) is 0 Å². The number of amides is 1. The van der Waals surface area contributed by atoms with Gasteiger partial charge in [-0.1, -0.05) is 6.58 Å². The average Bonchev–Trinajstić information content (AvgIpc) is 3.02. The minimum absolute atomic E-state index is 0.0436. The van der Waals surface area contributed by atoms with Crippen LogP contribution in [0.25, 0.3) is 12.4 Å².